The van der Waals surface area contributed by atoms with Gasteiger partial charge in [0.25, 0.3) is 0 Å². The molecule has 144 valence electrons. The Morgan fingerprint density at radius 1 is 1.00 bits per heavy atom. The van der Waals surface area contributed by atoms with Gasteiger partial charge in [0.1, 0.15) is 0 Å². The van der Waals surface area contributed by atoms with Crippen molar-refractivity contribution in [3.63, 3.8) is 0 Å². The van der Waals surface area contributed by atoms with Crippen molar-refractivity contribution >= 4 is 5.91 Å². The molecule has 0 saturated heterocycles. The quantitative estimate of drug-likeness (QED) is 0.391. The van der Waals surface area contributed by atoms with Crippen LogP contribution in [-0.4, -0.2) is 48.2 Å². The predicted molar refractivity (Wildman–Crippen MR) is 103 cm³/mol. The van der Waals surface area contributed by atoms with Gasteiger partial charge in [0.2, 0.25) is 5.91 Å². The molecule has 1 atom stereocenters. The van der Waals surface area contributed by atoms with E-state index in [0.29, 0.717) is 12.5 Å². The number of nitrogens with zero attached hydrogens (tertiary/aromatic N) is 1. The number of nitrogens with one attached hydrogen (secondary N) is 1. The number of hydrogen-bond acceptors (Lipinski definition) is 3. The highest BCUT2D eigenvalue weighted by molar-refractivity contribution is 5.76. The highest BCUT2D eigenvalue weighted by atomic mass is 16.3. The lowest BCUT2D eigenvalue weighted by atomic mass is 10.1. The number of unbranched alkanes of at least 4 members (excludes halogenated alkanes) is 8. The Hall–Kier alpha value is -0.610. The Bertz CT molecular complexity index is 285. The lowest BCUT2D eigenvalue weighted by Gasteiger charge is -2.22. The first-order chi connectivity index (χ1) is 11.7. The molecule has 24 heavy (non-hydrogen) atoms. The number of aliphatic hydroxyl groups is 1. The summed E-state index contributed by atoms with van der Waals surface area (Å²) in [5.74, 6) is 0.289. The monoisotopic (exact) mass is 342 g/mol. The Labute approximate surface area is 150 Å². The Balaban J connectivity index is 3.61. The molecule has 4 nitrogen and oxygen atoms in total. The molecule has 0 aliphatic carbocycles. The maximum absolute atomic E-state index is 12.2. The van der Waals surface area contributed by atoms with Crippen LogP contribution in [0.1, 0.15) is 91.4 Å². The van der Waals surface area contributed by atoms with Crippen LogP contribution in [0.15, 0.2) is 0 Å². The summed E-state index contributed by atoms with van der Waals surface area (Å²) < 4.78 is 0. The van der Waals surface area contributed by atoms with E-state index in [1.165, 1.54) is 51.4 Å². The van der Waals surface area contributed by atoms with Crippen LogP contribution in [0.4, 0.5) is 0 Å². The zero-order valence-corrected chi connectivity index (χ0v) is 16.5. The smallest absolute Gasteiger partial charge is 0.222 e. The highest BCUT2D eigenvalue weighted by Gasteiger charge is 2.11. The van der Waals surface area contributed by atoms with Crippen LogP contribution in [0.2, 0.25) is 0 Å². The fourth-order valence-electron chi connectivity index (χ4n) is 2.95. The van der Waals surface area contributed by atoms with Crippen molar-refractivity contribution in [1.29, 1.82) is 0 Å². The number of carbonyl (C=O) groups excluding carboxylic acids is 1. The van der Waals surface area contributed by atoms with Crippen molar-refractivity contribution in [3.05, 3.63) is 0 Å². The van der Waals surface area contributed by atoms with Crippen molar-refractivity contribution in [2.75, 3.05) is 26.2 Å². The van der Waals surface area contributed by atoms with Gasteiger partial charge in [0.05, 0.1) is 0 Å². The van der Waals surface area contributed by atoms with E-state index in [1.54, 1.807) is 0 Å². The van der Waals surface area contributed by atoms with Crippen LogP contribution in [0, 0.1) is 0 Å². The van der Waals surface area contributed by atoms with E-state index in [1.807, 2.05) is 11.8 Å². The largest absolute Gasteiger partial charge is 0.396 e. The second-order valence-electron chi connectivity index (χ2n) is 6.92. The number of likely N-dealkylation sites (N-methyl/N-ethyl adjacent to an activating group) is 1. The van der Waals surface area contributed by atoms with Gasteiger partial charge in [-0.2, -0.15) is 0 Å². The highest BCUT2D eigenvalue weighted by Crippen LogP contribution is 2.11. The van der Waals surface area contributed by atoms with E-state index >= 15 is 0 Å². The number of hydrogen-bond donors (Lipinski definition) is 2. The molecular weight excluding hydrogens is 300 g/mol. The van der Waals surface area contributed by atoms with Crippen LogP contribution in [0.5, 0.6) is 0 Å². The third kappa shape index (κ3) is 13.8. The van der Waals surface area contributed by atoms with Crippen LogP contribution in [0.25, 0.3) is 0 Å². The number of aliphatic hydroxyl groups excluding tert-OH is 1. The molecule has 0 aromatic heterocycles. The van der Waals surface area contributed by atoms with Gasteiger partial charge in [-0.1, -0.05) is 58.3 Å². The molecule has 2 N–H and O–H groups in total. The van der Waals surface area contributed by atoms with Crippen molar-refractivity contribution in [1.82, 2.24) is 10.2 Å². The molecule has 0 saturated carbocycles. The minimum Gasteiger partial charge on any atom is -0.396 e. The van der Waals surface area contributed by atoms with Gasteiger partial charge in [0.15, 0.2) is 0 Å². The molecule has 0 bridgehead atoms. The van der Waals surface area contributed by atoms with Gasteiger partial charge in [-0.15, -0.1) is 0 Å². The summed E-state index contributed by atoms with van der Waals surface area (Å²) in [6, 6.07) is 0.307. The summed E-state index contributed by atoms with van der Waals surface area (Å²) in [7, 11) is 0. The van der Waals surface area contributed by atoms with Crippen LogP contribution >= 0.6 is 0 Å². The fourth-order valence-corrected chi connectivity index (χ4v) is 2.95. The molecule has 0 heterocycles. The average Bonchev–Trinajstić information content (AvgIpc) is 2.57. The molecule has 0 radical (unpaired) electrons. The molecule has 0 aromatic carbocycles. The molecule has 0 spiro atoms. The lowest BCUT2D eigenvalue weighted by Crippen LogP contribution is -2.39. The Morgan fingerprint density at radius 3 is 2.12 bits per heavy atom. The molecule has 0 aliphatic heterocycles. The maximum atomic E-state index is 12.2. The van der Waals surface area contributed by atoms with Gasteiger partial charge >= 0.3 is 0 Å². The summed E-state index contributed by atoms with van der Waals surface area (Å²) >= 11 is 0. The zero-order chi connectivity index (χ0) is 18.0. The number of rotatable bonds is 17. The van der Waals surface area contributed by atoms with E-state index in [2.05, 4.69) is 19.2 Å². The Morgan fingerprint density at radius 2 is 1.58 bits per heavy atom. The van der Waals surface area contributed by atoms with Gasteiger partial charge < -0.3 is 15.3 Å². The summed E-state index contributed by atoms with van der Waals surface area (Å²) in [6.07, 6.45) is 13.0. The van der Waals surface area contributed by atoms with Crippen molar-refractivity contribution < 1.29 is 9.90 Å². The molecule has 0 rings (SSSR count). The minimum absolute atomic E-state index is 0.212. The van der Waals surface area contributed by atoms with E-state index in [9.17, 15) is 4.79 Å². The first-order valence-electron chi connectivity index (χ1n) is 10.3. The normalized spacial score (nSPS) is 12.3. The number of amides is 1. The van der Waals surface area contributed by atoms with Crippen LogP contribution in [0.3, 0.4) is 0 Å². The molecule has 0 fully saturated rings. The van der Waals surface area contributed by atoms with Gasteiger partial charge in [-0.05, 0) is 26.7 Å². The lowest BCUT2D eigenvalue weighted by molar-refractivity contribution is -0.131. The fraction of sp³-hybridized carbons (Fsp3) is 0.950. The Kier molecular flexibility index (Phi) is 16.8. The zero-order valence-electron chi connectivity index (χ0n) is 16.5. The maximum Gasteiger partial charge on any atom is 0.222 e. The first kappa shape index (κ1) is 23.4. The summed E-state index contributed by atoms with van der Waals surface area (Å²) in [5, 5.41) is 12.2. The third-order valence-electron chi connectivity index (χ3n) is 4.67. The van der Waals surface area contributed by atoms with Gasteiger partial charge in [0, 0.05) is 38.7 Å². The van der Waals surface area contributed by atoms with Gasteiger partial charge in [-0.25, -0.2) is 0 Å². The molecule has 1 amide bonds. The standard InChI is InChI=1S/C20H42N2O2/c1-4-6-7-8-9-10-11-12-13-14-20(24)22(5-2)17-16-21-19(3)15-18-23/h19,21,23H,4-18H2,1-3H3. The molecule has 1 unspecified atom stereocenters. The van der Waals surface area contributed by atoms with Gasteiger partial charge in [-0.3, -0.25) is 4.79 Å². The molecule has 0 aromatic rings. The van der Waals surface area contributed by atoms with E-state index in [-0.39, 0.29) is 12.5 Å². The third-order valence-corrected chi connectivity index (χ3v) is 4.67. The van der Waals surface area contributed by atoms with Crippen molar-refractivity contribution in [3.8, 4) is 0 Å². The number of carbonyl (C=O) groups is 1. The topological polar surface area (TPSA) is 52.6 Å². The predicted octanol–water partition coefficient (Wildman–Crippen LogP) is 4.12. The van der Waals surface area contributed by atoms with Crippen LogP contribution in [-0.2, 0) is 4.79 Å². The second-order valence-corrected chi connectivity index (χ2v) is 6.92. The summed E-state index contributed by atoms with van der Waals surface area (Å²) in [4.78, 5) is 14.2. The first-order valence-corrected chi connectivity index (χ1v) is 10.3. The SMILES string of the molecule is CCCCCCCCCCCC(=O)N(CC)CCNC(C)CCO. The molecule has 4 heteroatoms. The van der Waals surface area contributed by atoms with Crippen LogP contribution < -0.4 is 5.32 Å². The molecule has 0 aliphatic rings. The molecular formula is C20H42N2O2. The van der Waals surface area contributed by atoms with E-state index in [4.69, 9.17) is 5.11 Å². The van der Waals surface area contributed by atoms with E-state index < -0.39 is 0 Å². The summed E-state index contributed by atoms with van der Waals surface area (Å²) in [6.45, 7) is 8.93. The second kappa shape index (κ2) is 17.2. The van der Waals surface area contributed by atoms with Crippen molar-refractivity contribution in [2.24, 2.45) is 0 Å². The summed E-state index contributed by atoms with van der Waals surface area (Å²) in [5.41, 5.74) is 0. The minimum atomic E-state index is 0.212. The average molecular weight is 343 g/mol. The van der Waals surface area contributed by atoms with Crippen molar-refractivity contribution in [2.45, 2.75) is 97.4 Å². The van der Waals surface area contributed by atoms with E-state index in [0.717, 1.165) is 32.5 Å².